The van der Waals surface area contributed by atoms with Gasteiger partial charge in [-0.15, -0.1) is 0 Å². The number of nitro groups is 1. The van der Waals surface area contributed by atoms with Crippen LogP contribution in [0.3, 0.4) is 0 Å². The number of aryl methyl sites for hydroxylation is 1. The number of aliphatic hydroxyl groups is 1. The Labute approximate surface area is 132 Å². The molecule has 2 N–H and O–H groups in total. The molecule has 1 aromatic heterocycles. The number of carbonyl (C=O) groups excluding carboxylic acids is 1. The molecule has 0 aliphatic rings. The van der Waals surface area contributed by atoms with E-state index in [0.29, 0.717) is 23.2 Å². The van der Waals surface area contributed by atoms with E-state index in [9.17, 15) is 20.0 Å². The van der Waals surface area contributed by atoms with E-state index < -0.39 is 4.92 Å². The van der Waals surface area contributed by atoms with Crippen LogP contribution in [0.2, 0.25) is 0 Å². The predicted octanol–water partition coefficient (Wildman–Crippen LogP) is 1.50. The van der Waals surface area contributed by atoms with E-state index in [4.69, 9.17) is 0 Å². The fourth-order valence-electron chi connectivity index (χ4n) is 2.15. The van der Waals surface area contributed by atoms with Crippen LogP contribution in [0.1, 0.15) is 23.7 Å². The van der Waals surface area contributed by atoms with Crippen molar-refractivity contribution in [1.82, 2.24) is 15.1 Å². The Morgan fingerprint density at radius 1 is 1.43 bits per heavy atom. The molecule has 1 unspecified atom stereocenters. The first-order valence-corrected chi connectivity index (χ1v) is 7.16. The van der Waals surface area contributed by atoms with Gasteiger partial charge in [0.2, 0.25) is 0 Å². The van der Waals surface area contributed by atoms with Gasteiger partial charge in [0.1, 0.15) is 5.69 Å². The molecule has 1 atom stereocenters. The van der Waals surface area contributed by atoms with Crippen molar-refractivity contribution in [1.29, 1.82) is 0 Å². The molecule has 8 heteroatoms. The second-order valence-electron chi connectivity index (χ2n) is 5.13. The summed E-state index contributed by atoms with van der Waals surface area (Å²) in [4.78, 5) is 22.6. The number of nitrogens with one attached hydrogen (secondary N) is 1. The van der Waals surface area contributed by atoms with Crippen LogP contribution in [0, 0.1) is 10.1 Å². The minimum atomic E-state index is -0.483. The summed E-state index contributed by atoms with van der Waals surface area (Å²) in [6, 6.07) is 5.52. The predicted molar refractivity (Wildman–Crippen MR) is 83.9 cm³/mol. The van der Waals surface area contributed by atoms with Gasteiger partial charge >= 0.3 is 0 Å². The number of carbonyl (C=O) groups is 1. The first-order chi connectivity index (χ1) is 11.0. The van der Waals surface area contributed by atoms with E-state index >= 15 is 0 Å². The minimum Gasteiger partial charge on any atom is -0.394 e. The van der Waals surface area contributed by atoms with Gasteiger partial charge in [-0.1, -0.05) is 6.92 Å². The zero-order chi connectivity index (χ0) is 17.0. The number of nitro benzene ring substituents is 1. The molecule has 0 aliphatic carbocycles. The van der Waals surface area contributed by atoms with Crippen molar-refractivity contribution < 1.29 is 14.8 Å². The van der Waals surface area contributed by atoms with E-state index in [1.165, 1.54) is 16.8 Å². The van der Waals surface area contributed by atoms with Crippen LogP contribution in [-0.4, -0.2) is 38.4 Å². The van der Waals surface area contributed by atoms with Gasteiger partial charge in [0, 0.05) is 30.9 Å². The molecule has 0 aliphatic heterocycles. The Balaban J connectivity index is 2.33. The Bertz CT molecular complexity index is 705. The average molecular weight is 318 g/mol. The third-order valence-electron chi connectivity index (χ3n) is 3.47. The summed E-state index contributed by atoms with van der Waals surface area (Å²) in [7, 11) is 1.69. The molecule has 0 spiro atoms. The summed E-state index contributed by atoms with van der Waals surface area (Å²) in [5, 5.41) is 26.9. The monoisotopic (exact) mass is 318 g/mol. The second kappa shape index (κ2) is 7.01. The summed E-state index contributed by atoms with van der Waals surface area (Å²) in [5.74, 6) is -0.340. The molecule has 122 valence electrons. The Hall–Kier alpha value is -2.74. The number of nitrogens with zero attached hydrogens (tertiary/aromatic N) is 3. The number of amides is 1. The van der Waals surface area contributed by atoms with E-state index in [0.717, 1.165) is 0 Å². The maximum Gasteiger partial charge on any atom is 0.269 e. The number of hydrogen-bond acceptors (Lipinski definition) is 5. The summed E-state index contributed by atoms with van der Waals surface area (Å²) < 4.78 is 1.51. The number of aromatic nitrogens is 2. The molecular formula is C15H18N4O4. The first-order valence-electron chi connectivity index (χ1n) is 7.16. The summed E-state index contributed by atoms with van der Waals surface area (Å²) in [5.41, 5.74) is 1.38. The van der Waals surface area contributed by atoms with Crippen molar-refractivity contribution in [3.05, 3.63) is 46.1 Å². The topological polar surface area (TPSA) is 110 Å². The lowest BCUT2D eigenvalue weighted by Gasteiger charge is -2.13. The standard InChI is InChI=1S/C15H18N4O4/c1-3-11(9-20)16-15(21)13-8-18(2)17-14(13)10-4-6-12(7-5-10)19(22)23/h4-8,11,20H,3,9H2,1-2H3,(H,16,21). The van der Waals surface area contributed by atoms with Gasteiger partial charge in [0.15, 0.2) is 0 Å². The molecule has 0 bridgehead atoms. The highest BCUT2D eigenvalue weighted by Gasteiger charge is 2.19. The highest BCUT2D eigenvalue weighted by molar-refractivity contribution is 6.00. The number of non-ortho nitro benzene ring substituents is 1. The van der Waals surface area contributed by atoms with Crippen molar-refractivity contribution in [2.45, 2.75) is 19.4 Å². The minimum absolute atomic E-state index is 0.0259. The summed E-state index contributed by atoms with van der Waals surface area (Å²) in [6.45, 7) is 1.72. The van der Waals surface area contributed by atoms with Crippen LogP contribution in [0.4, 0.5) is 5.69 Å². The highest BCUT2D eigenvalue weighted by atomic mass is 16.6. The molecule has 8 nitrogen and oxygen atoms in total. The van der Waals surface area contributed by atoms with Gasteiger partial charge in [-0.3, -0.25) is 19.6 Å². The van der Waals surface area contributed by atoms with E-state index in [1.54, 1.807) is 25.4 Å². The van der Waals surface area contributed by atoms with Crippen LogP contribution < -0.4 is 5.32 Å². The molecule has 1 aromatic carbocycles. The highest BCUT2D eigenvalue weighted by Crippen LogP contribution is 2.24. The number of aliphatic hydroxyl groups excluding tert-OH is 1. The van der Waals surface area contributed by atoms with Crippen LogP contribution in [0.25, 0.3) is 11.3 Å². The van der Waals surface area contributed by atoms with Crippen molar-refractivity contribution in [2.75, 3.05) is 6.61 Å². The molecule has 0 saturated heterocycles. The lowest BCUT2D eigenvalue weighted by atomic mass is 10.1. The lowest BCUT2D eigenvalue weighted by molar-refractivity contribution is -0.384. The molecule has 1 heterocycles. The van der Waals surface area contributed by atoms with E-state index in [-0.39, 0.29) is 24.2 Å². The molecule has 2 rings (SSSR count). The van der Waals surface area contributed by atoms with Crippen molar-refractivity contribution in [3.63, 3.8) is 0 Å². The number of hydrogen-bond donors (Lipinski definition) is 2. The zero-order valence-electron chi connectivity index (χ0n) is 12.9. The Morgan fingerprint density at radius 3 is 2.61 bits per heavy atom. The van der Waals surface area contributed by atoms with Crippen LogP contribution in [0.5, 0.6) is 0 Å². The van der Waals surface area contributed by atoms with Gasteiger partial charge in [0.25, 0.3) is 11.6 Å². The van der Waals surface area contributed by atoms with Crippen molar-refractivity contribution in [3.8, 4) is 11.3 Å². The van der Waals surface area contributed by atoms with Crippen LogP contribution in [0.15, 0.2) is 30.5 Å². The van der Waals surface area contributed by atoms with Crippen molar-refractivity contribution in [2.24, 2.45) is 7.05 Å². The fourth-order valence-corrected chi connectivity index (χ4v) is 2.15. The zero-order valence-corrected chi connectivity index (χ0v) is 12.9. The molecule has 1 amide bonds. The first kappa shape index (κ1) is 16.6. The van der Waals surface area contributed by atoms with Gasteiger partial charge in [-0.25, -0.2) is 0 Å². The van der Waals surface area contributed by atoms with Crippen molar-refractivity contribution >= 4 is 11.6 Å². The van der Waals surface area contributed by atoms with E-state index in [1.807, 2.05) is 6.92 Å². The largest absolute Gasteiger partial charge is 0.394 e. The Kier molecular flexibility index (Phi) is 5.07. The summed E-state index contributed by atoms with van der Waals surface area (Å²) in [6.07, 6.45) is 2.19. The molecule has 0 fully saturated rings. The molecule has 0 saturated carbocycles. The quantitative estimate of drug-likeness (QED) is 0.619. The van der Waals surface area contributed by atoms with E-state index in [2.05, 4.69) is 10.4 Å². The fraction of sp³-hybridized carbons (Fsp3) is 0.333. The smallest absolute Gasteiger partial charge is 0.269 e. The third kappa shape index (κ3) is 3.72. The van der Waals surface area contributed by atoms with Gasteiger partial charge in [-0.05, 0) is 18.6 Å². The van der Waals surface area contributed by atoms with Gasteiger partial charge in [-0.2, -0.15) is 5.10 Å². The summed E-state index contributed by atoms with van der Waals surface area (Å²) >= 11 is 0. The van der Waals surface area contributed by atoms with Gasteiger partial charge < -0.3 is 10.4 Å². The maximum atomic E-state index is 12.4. The molecule has 2 aromatic rings. The normalized spacial score (nSPS) is 12.0. The molecule has 0 radical (unpaired) electrons. The second-order valence-corrected chi connectivity index (χ2v) is 5.13. The number of benzene rings is 1. The van der Waals surface area contributed by atoms with Crippen LogP contribution in [-0.2, 0) is 7.05 Å². The maximum absolute atomic E-state index is 12.4. The Morgan fingerprint density at radius 2 is 2.09 bits per heavy atom. The molecular weight excluding hydrogens is 300 g/mol. The molecule has 23 heavy (non-hydrogen) atoms. The SMILES string of the molecule is CCC(CO)NC(=O)c1cn(C)nc1-c1ccc([N+](=O)[O-])cc1. The van der Waals surface area contributed by atoms with Crippen LogP contribution >= 0.6 is 0 Å². The third-order valence-corrected chi connectivity index (χ3v) is 3.47. The number of rotatable bonds is 6. The average Bonchev–Trinajstić information content (AvgIpc) is 2.94. The lowest BCUT2D eigenvalue weighted by Crippen LogP contribution is -2.37. The van der Waals surface area contributed by atoms with Gasteiger partial charge in [0.05, 0.1) is 23.1 Å².